The van der Waals surface area contributed by atoms with Crippen LogP contribution in [0.2, 0.25) is 0 Å². The lowest BCUT2D eigenvalue weighted by molar-refractivity contribution is -0.233. The topological polar surface area (TPSA) is 47.9 Å². The summed E-state index contributed by atoms with van der Waals surface area (Å²) in [6.07, 6.45) is -1.16. The smallest absolute Gasteiger partial charge is 0.187 e. The van der Waals surface area contributed by atoms with Gasteiger partial charge in [0.2, 0.25) is 0 Å². The standard InChI is InChI=1S/C10H18O4/c1-5-7(11)6(2)12-9-8(5)13-10(3,4)14-9/h5-9,11H,1-4H3/t5?,6-,7-,8-,9?/m0/s1. The van der Waals surface area contributed by atoms with E-state index in [1.807, 2.05) is 27.7 Å². The molecule has 0 spiro atoms. The van der Waals surface area contributed by atoms with Crippen LogP contribution in [0.3, 0.4) is 0 Å². The van der Waals surface area contributed by atoms with Crippen LogP contribution in [0.5, 0.6) is 0 Å². The molecular weight excluding hydrogens is 184 g/mol. The highest BCUT2D eigenvalue weighted by atomic mass is 16.8. The number of hydrogen-bond acceptors (Lipinski definition) is 4. The lowest BCUT2D eigenvalue weighted by Crippen LogP contribution is -2.50. The maximum Gasteiger partial charge on any atom is 0.187 e. The van der Waals surface area contributed by atoms with Crippen LogP contribution in [0, 0.1) is 5.92 Å². The average molecular weight is 202 g/mol. The second kappa shape index (κ2) is 3.17. The number of hydrogen-bond donors (Lipinski definition) is 1. The van der Waals surface area contributed by atoms with E-state index in [-0.39, 0.29) is 24.4 Å². The van der Waals surface area contributed by atoms with Crippen LogP contribution in [0.25, 0.3) is 0 Å². The molecule has 0 saturated carbocycles. The highest BCUT2D eigenvalue weighted by Crippen LogP contribution is 2.38. The maximum absolute atomic E-state index is 9.80. The zero-order valence-corrected chi connectivity index (χ0v) is 9.06. The molecule has 2 rings (SSSR count). The van der Waals surface area contributed by atoms with Crippen LogP contribution in [0.15, 0.2) is 0 Å². The summed E-state index contributed by atoms with van der Waals surface area (Å²) < 4.78 is 16.8. The van der Waals surface area contributed by atoms with Gasteiger partial charge in [0.05, 0.1) is 12.2 Å². The van der Waals surface area contributed by atoms with Crippen molar-refractivity contribution in [3.8, 4) is 0 Å². The molecule has 0 radical (unpaired) electrons. The summed E-state index contributed by atoms with van der Waals surface area (Å²) in [5, 5.41) is 9.80. The summed E-state index contributed by atoms with van der Waals surface area (Å²) in [5.41, 5.74) is 0. The van der Waals surface area contributed by atoms with E-state index in [0.717, 1.165) is 0 Å². The fourth-order valence-corrected chi connectivity index (χ4v) is 2.13. The van der Waals surface area contributed by atoms with Gasteiger partial charge >= 0.3 is 0 Å². The summed E-state index contributed by atoms with van der Waals surface area (Å²) in [6, 6.07) is 0. The third kappa shape index (κ3) is 1.56. The van der Waals surface area contributed by atoms with Gasteiger partial charge in [0.15, 0.2) is 12.1 Å². The van der Waals surface area contributed by atoms with Gasteiger partial charge in [-0.3, -0.25) is 0 Å². The largest absolute Gasteiger partial charge is 0.390 e. The number of fused-ring (bicyclic) bond motifs is 1. The molecule has 0 aromatic rings. The van der Waals surface area contributed by atoms with Crippen molar-refractivity contribution in [3.05, 3.63) is 0 Å². The molecule has 2 heterocycles. The summed E-state index contributed by atoms with van der Waals surface area (Å²) in [4.78, 5) is 0. The second-order valence-corrected chi connectivity index (χ2v) is 4.66. The maximum atomic E-state index is 9.80. The third-order valence-corrected chi connectivity index (χ3v) is 2.97. The van der Waals surface area contributed by atoms with E-state index in [1.165, 1.54) is 0 Å². The first-order valence-electron chi connectivity index (χ1n) is 5.10. The van der Waals surface area contributed by atoms with Crippen LogP contribution in [0.1, 0.15) is 27.7 Å². The Hall–Kier alpha value is -0.160. The summed E-state index contributed by atoms with van der Waals surface area (Å²) >= 11 is 0. The van der Waals surface area contributed by atoms with Crippen LogP contribution < -0.4 is 0 Å². The molecule has 0 bridgehead atoms. The highest BCUT2D eigenvalue weighted by molar-refractivity contribution is 4.90. The Bertz CT molecular complexity index is 228. The van der Waals surface area contributed by atoms with Gasteiger partial charge in [-0.05, 0) is 20.8 Å². The quantitative estimate of drug-likeness (QED) is 0.633. The molecule has 2 saturated heterocycles. The van der Waals surface area contributed by atoms with Gasteiger partial charge in [-0.2, -0.15) is 0 Å². The molecule has 2 fully saturated rings. The van der Waals surface area contributed by atoms with Crippen LogP contribution >= 0.6 is 0 Å². The van der Waals surface area contributed by atoms with Gasteiger partial charge in [0, 0.05) is 5.92 Å². The minimum atomic E-state index is -0.604. The van der Waals surface area contributed by atoms with Crippen molar-refractivity contribution in [1.29, 1.82) is 0 Å². The van der Waals surface area contributed by atoms with Crippen molar-refractivity contribution in [2.45, 2.75) is 58.1 Å². The Kier molecular flexibility index (Phi) is 2.34. The van der Waals surface area contributed by atoms with Crippen molar-refractivity contribution in [1.82, 2.24) is 0 Å². The Morgan fingerprint density at radius 3 is 2.43 bits per heavy atom. The first kappa shape index (κ1) is 10.4. The van der Waals surface area contributed by atoms with E-state index in [9.17, 15) is 5.11 Å². The molecule has 0 aliphatic carbocycles. The second-order valence-electron chi connectivity index (χ2n) is 4.66. The zero-order valence-electron chi connectivity index (χ0n) is 9.06. The number of rotatable bonds is 0. The van der Waals surface area contributed by atoms with Gasteiger partial charge in [-0.1, -0.05) is 6.92 Å². The summed E-state index contributed by atoms with van der Waals surface area (Å²) in [7, 11) is 0. The van der Waals surface area contributed by atoms with Crippen molar-refractivity contribution < 1.29 is 19.3 Å². The predicted octanol–water partition coefficient (Wildman–Crippen LogP) is 0.880. The van der Waals surface area contributed by atoms with Gasteiger partial charge < -0.3 is 19.3 Å². The van der Waals surface area contributed by atoms with Crippen molar-refractivity contribution in [2.24, 2.45) is 5.92 Å². The molecule has 1 N–H and O–H groups in total. The Labute approximate surface area is 84.1 Å². The lowest BCUT2D eigenvalue weighted by atomic mass is 9.91. The van der Waals surface area contributed by atoms with E-state index >= 15 is 0 Å². The normalized spacial score (nSPS) is 51.6. The monoisotopic (exact) mass is 202 g/mol. The average Bonchev–Trinajstić information content (AvgIpc) is 2.37. The third-order valence-electron chi connectivity index (χ3n) is 2.97. The zero-order chi connectivity index (χ0) is 10.5. The first-order valence-corrected chi connectivity index (χ1v) is 5.10. The molecule has 4 nitrogen and oxygen atoms in total. The van der Waals surface area contributed by atoms with Gasteiger partial charge in [-0.25, -0.2) is 0 Å². The van der Waals surface area contributed by atoms with Gasteiger partial charge in [0.25, 0.3) is 0 Å². The molecule has 5 atom stereocenters. The van der Waals surface area contributed by atoms with Gasteiger partial charge in [-0.15, -0.1) is 0 Å². The lowest BCUT2D eigenvalue weighted by Gasteiger charge is -2.37. The Morgan fingerprint density at radius 1 is 1.14 bits per heavy atom. The van der Waals surface area contributed by atoms with Gasteiger partial charge in [0.1, 0.15) is 6.10 Å². The number of ether oxygens (including phenoxy) is 3. The molecule has 14 heavy (non-hydrogen) atoms. The minimum absolute atomic E-state index is 0.0468. The Balaban J connectivity index is 2.15. The molecule has 0 aromatic heterocycles. The van der Waals surface area contributed by atoms with Crippen molar-refractivity contribution in [2.75, 3.05) is 0 Å². The SMILES string of the molecule is CC1[C@@H]2OC(C)(C)OC2O[C@@H](C)[C@H]1O. The highest BCUT2D eigenvalue weighted by Gasteiger charge is 2.51. The van der Waals surface area contributed by atoms with E-state index in [1.54, 1.807) is 0 Å². The molecule has 0 amide bonds. The first-order chi connectivity index (χ1) is 6.41. The molecule has 0 aromatic carbocycles. The molecule has 2 unspecified atom stereocenters. The van der Waals surface area contributed by atoms with Crippen LogP contribution in [-0.4, -0.2) is 35.5 Å². The molecule has 2 aliphatic heterocycles. The van der Waals surface area contributed by atoms with E-state index in [2.05, 4.69) is 0 Å². The molecule has 2 aliphatic rings. The fourth-order valence-electron chi connectivity index (χ4n) is 2.13. The number of aliphatic hydroxyl groups excluding tert-OH is 1. The van der Waals surface area contributed by atoms with E-state index in [4.69, 9.17) is 14.2 Å². The molecule has 4 heteroatoms. The van der Waals surface area contributed by atoms with Crippen molar-refractivity contribution in [3.63, 3.8) is 0 Å². The molecular formula is C10H18O4. The Morgan fingerprint density at radius 2 is 1.79 bits per heavy atom. The van der Waals surface area contributed by atoms with Crippen LogP contribution in [-0.2, 0) is 14.2 Å². The fraction of sp³-hybridized carbons (Fsp3) is 1.00. The van der Waals surface area contributed by atoms with E-state index < -0.39 is 11.9 Å². The van der Waals surface area contributed by atoms with Crippen molar-refractivity contribution >= 4 is 0 Å². The minimum Gasteiger partial charge on any atom is -0.390 e. The number of aliphatic hydroxyl groups is 1. The summed E-state index contributed by atoms with van der Waals surface area (Å²) in [6.45, 7) is 7.54. The molecule has 82 valence electrons. The predicted molar refractivity (Wildman–Crippen MR) is 49.5 cm³/mol. The summed E-state index contributed by atoms with van der Waals surface area (Å²) in [5.74, 6) is -0.557. The van der Waals surface area contributed by atoms with Crippen LogP contribution in [0.4, 0.5) is 0 Å². The van der Waals surface area contributed by atoms with E-state index in [0.29, 0.717) is 0 Å².